The van der Waals surface area contributed by atoms with Crippen molar-refractivity contribution in [3.05, 3.63) is 29.3 Å². The highest BCUT2D eigenvalue weighted by Crippen LogP contribution is 2.41. The Bertz CT molecular complexity index is 487. The summed E-state index contributed by atoms with van der Waals surface area (Å²) in [6.45, 7) is 11.2. The van der Waals surface area contributed by atoms with Gasteiger partial charge in [0.15, 0.2) is 0 Å². The second kappa shape index (κ2) is 5.07. The molecular weight excluding hydrogens is 244 g/mol. The van der Waals surface area contributed by atoms with Crippen LogP contribution in [0.5, 0.6) is 0 Å². The van der Waals surface area contributed by atoms with Crippen molar-refractivity contribution in [2.75, 3.05) is 11.4 Å². The van der Waals surface area contributed by atoms with Crippen LogP contribution in [0.3, 0.4) is 0 Å². The average molecular weight is 272 g/mol. The number of nitrogens with one attached hydrogen (secondary N) is 1. The van der Waals surface area contributed by atoms with Crippen molar-refractivity contribution in [3.63, 3.8) is 0 Å². The molecule has 1 aromatic carbocycles. The van der Waals surface area contributed by atoms with E-state index in [1.165, 1.54) is 42.6 Å². The van der Waals surface area contributed by atoms with Crippen molar-refractivity contribution >= 4 is 5.69 Å². The van der Waals surface area contributed by atoms with Crippen LogP contribution in [0.25, 0.3) is 0 Å². The molecule has 0 radical (unpaired) electrons. The first-order valence-corrected chi connectivity index (χ1v) is 8.03. The van der Waals surface area contributed by atoms with Gasteiger partial charge in [0.1, 0.15) is 0 Å². The second-order valence-corrected chi connectivity index (χ2v) is 7.71. The van der Waals surface area contributed by atoms with Crippen LogP contribution in [0.2, 0.25) is 0 Å². The lowest BCUT2D eigenvalue weighted by atomic mass is 10.0. The van der Waals surface area contributed by atoms with Gasteiger partial charge in [0.2, 0.25) is 0 Å². The number of aryl methyl sites for hydroxylation is 1. The number of piperidine rings is 1. The van der Waals surface area contributed by atoms with Gasteiger partial charge >= 0.3 is 0 Å². The molecule has 0 aromatic heterocycles. The molecule has 0 spiro atoms. The van der Waals surface area contributed by atoms with Crippen molar-refractivity contribution in [2.45, 2.75) is 65.1 Å². The average Bonchev–Trinajstić information content (AvgIpc) is 2.98. The molecular formula is C18H28N2. The Morgan fingerprint density at radius 1 is 1.25 bits per heavy atom. The van der Waals surface area contributed by atoms with E-state index in [1.807, 2.05) is 0 Å². The maximum Gasteiger partial charge on any atom is 0.0398 e. The van der Waals surface area contributed by atoms with Crippen molar-refractivity contribution in [1.82, 2.24) is 5.32 Å². The van der Waals surface area contributed by atoms with E-state index in [-0.39, 0.29) is 5.54 Å². The van der Waals surface area contributed by atoms with E-state index in [9.17, 15) is 0 Å². The summed E-state index contributed by atoms with van der Waals surface area (Å²) in [7, 11) is 0. The summed E-state index contributed by atoms with van der Waals surface area (Å²) in [5.74, 6) is 0.960. The number of hydrogen-bond donors (Lipinski definition) is 1. The summed E-state index contributed by atoms with van der Waals surface area (Å²) in [5.41, 5.74) is 4.48. The molecule has 2 atom stereocenters. The van der Waals surface area contributed by atoms with Gasteiger partial charge in [0.05, 0.1) is 0 Å². The van der Waals surface area contributed by atoms with Crippen LogP contribution in [-0.2, 0) is 6.54 Å². The summed E-state index contributed by atoms with van der Waals surface area (Å²) in [6.07, 6.45) is 4.28. The van der Waals surface area contributed by atoms with Gasteiger partial charge < -0.3 is 10.2 Å². The lowest BCUT2D eigenvalue weighted by molar-refractivity contribution is 0.424. The largest absolute Gasteiger partial charge is 0.368 e. The highest BCUT2D eigenvalue weighted by Gasteiger charge is 2.38. The molecule has 2 nitrogen and oxygen atoms in total. The Hall–Kier alpha value is -1.02. The number of anilines is 1. The second-order valence-electron chi connectivity index (χ2n) is 7.71. The Balaban J connectivity index is 1.71. The summed E-state index contributed by atoms with van der Waals surface area (Å²) in [5, 5.41) is 3.57. The molecule has 1 saturated heterocycles. The molecule has 2 unspecified atom stereocenters. The van der Waals surface area contributed by atoms with Crippen LogP contribution >= 0.6 is 0 Å². The quantitative estimate of drug-likeness (QED) is 0.898. The fourth-order valence-corrected chi connectivity index (χ4v) is 3.74. The number of benzene rings is 1. The molecule has 1 N–H and O–H groups in total. The van der Waals surface area contributed by atoms with E-state index in [4.69, 9.17) is 0 Å². The number of nitrogens with zero attached hydrogens (tertiary/aromatic N) is 1. The molecule has 2 bridgehead atoms. The standard InChI is InChI=1S/C18H28N2/c1-13-9-14(11-19-18(2,3)4)6-8-17(13)20-12-15-5-7-16(20)10-15/h6,8-9,15-16,19H,5,7,10-12H2,1-4H3. The van der Waals surface area contributed by atoms with Gasteiger partial charge in [-0.05, 0) is 70.1 Å². The minimum Gasteiger partial charge on any atom is -0.368 e. The van der Waals surface area contributed by atoms with E-state index < -0.39 is 0 Å². The van der Waals surface area contributed by atoms with Gasteiger partial charge in [0, 0.05) is 30.4 Å². The number of fused-ring (bicyclic) bond motifs is 2. The van der Waals surface area contributed by atoms with Gasteiger partial charge in [-0.25, -0.2) is 0 Å². The number of hydrogen-bond acceptors (Lipinski definition) is 2. The summed E-state index contributed by atoms with van der Waals surface area (Å²) >= 11 is 0. The number of rotatable bonds is 3. The van der Waals surface area contributed by atoms with Crippen LogP contribution in [0.1, 0.15) is 51.2 Å². The molecule has 3 rings (SSSR count). The smallest absolute Gasteiger partial charge is 0.0398 e. The Kier molecular flexibility index (Phi) is 3.53. The first-order chi connectivity index (χ1) is 9.42. The van der Waals surface area contributed by atoms with Crippen molar-refractivity contribution in [3.8, 4) is 0 Å². The fraction of sp³-hybridized carbons (Fsp3) is 0.667. The van der Waals surface area contributed by atoms with Crippen LogP contribution in [-0.4, -0.2) is 18.1 Å². The summed E-state index contributed by atoms with van der Waals surface area (Å²) in [4.78, 5) is 2.66. The van der Waals surface area contributed by atoms with E-state index >= 15 is 0 Å². The predicted molar refractivity (Wildman–Crippen MR) is 86.2 cm³/mol. The Labute approximate surface area is 123 Å². The van der Waals surface area contributed by atoms with Gasteiger partial charge in [-0.15, -0.1) is 0 Å². The SMILES string of the molecule is Cc1cc(CNC(C)(C)C)ccc1N1CC2CCC1C2. The molecule has 0 amide bonds. The zero-order valence-corrected chi connectivity index (χ0v) is 13.4. The predicted octanol–water partition coefficient (Wildman–Crippen LogP) is 3.87. The molecule has 1 aromatic rings. The minimum atomic E-state index is 0.181. The molecule has 2 heteroatoms. The molecule has 2 aliphatic rings. The summed E-state index contributed by atoms with van der Waals surface area (Å²) in [6, 6.07) is 7.82. The highest BCUT2D eigenvalue weighted by atomic mass is 15.2. The van der Waals surface area contributed by atoms with Gasteiger partial charge in [-0.2, -0.15) is 0 Å². The van der Waals surface area contributed by atoms with Crippen molar-refractivity contribution < 1.29 is 0 Å². The van der Waals surface area contributed by atoms with Crippen LogP contribution in [0, 0.1) is 12.8 Å². The van der Waals surface area contributed by atoms with E-state index in [0.29, 0.717) is 0 Å². The molecule has 2 fully saturated rings. The lowest BCUT2D eigenvalue weighted by Gasteiger charge is -2.31. The normalized spacial score (nSPS) is 25.5. The molecule has 1 aliphatic carbocycles. The zero-order valence-electron chi connectivity index (χ0n) is 13.4. The molecule has 20 heavy (non-hydrogen) atoms. The maximum absolute atomic E-state index is 3.57. The monoisotopic (exact) mass is 272 g/mol. The van der Waals surface area contributed by atoms with Gasteiger partial charge in [-0.1, -0.05) is 12.1 Å². The molecule has 1 aliphatic heterocycles. The fourth-order valence-electron chi connectivity index (χ4n) is 3.74. The van der Waals surface area contributed by atoms with Crippen LogP contribution < -0.4 is 10.2 Å². The van der Waals surface area contributed by atoms with E-state index in [1.54, 1.807) is 0 Å². The maximum atomic E-state index is 3.57. The zero-order chi connectivity index (χ0) is 14.3. The van der Waals surface area contributed by atoms with Crippen LogP contribution in [0.4, 0.5) is 5.69 Å². The molecule has 110 valence electrons. The first kappa shape index (κ1) is 13.9. The Morgan fingerprint density at radius 3 is 2.60 bits per heavy atom. The third kappa shape index (κ3) is 2.85. The van der Waals surface area contributed by atoms with Gasteiger partial charge in [-0.3, -0.25) is 0 Å². The Morgan fingerprint density at radius 2 is 2.05 bits per heavy atom. The molecule has 1 saturated carbocycles. The first-order valence-electron chi connectivity index (χ1n) is 8.03. The van der Waals surface area contributed by atoms with Crippen LogP contribution in [0.15, 0.2) is 18.2 Å². The van der Waals surface area contributed by atoms with E-state index in [0.717, 1.165) is 18.5 Å². The molecule has 1 heterocycles. The third-order valence-corrected chi connectivity index (χ3v) is 4.80. The van der Waals surface area contributed by atoms with Crippen molar-refractivity contribution in [2.24, 2.45) is 5.92 Å². The summed E-state index contributed by atoms with van der Waals surface area (Å²) < 4.78 is 0. The minimum absolute atomic E-state index is 0.181. The highest BCUT2D eigenvalue weighted by molar-refractivity contribution is 5.56. The van der Waals surface area contributed by atoms with Gasteiger partial charge in [0.25, 0.3) is 0 Å². The topological polar surface area (TPSA) is 15.3 Å². The third-order valence-electron chi connectivity index (χ3n) is 4.80. The van der Waals surface area contributed by atoms with Crippen molar-refractivity contribution in [1.29, 1.82) is 0 Å². The van der Waals surface area contributed by atoms with E-state index in [2.05, 4.69) is 56.1 Å². The lowest BCUT2D eigenvalue weighted by Crippen LogP contribution is -2.35.